The first-order valence-electron chi connectivity index (χ1n) is 11.6. The lowest BCUT2D eigenvalue weighted by molar-refractivity contribution is -0.134. The van der Waals surface area contributed by atoms with Crippen molar-refractivity contribution in [3.63, 3.8) is 0 Å². The third-order valence-corrected chi connectivity index (χ3v) is 5.95. The Kier molecular flexibility index (Phi) is 10.4. The van der Waals surface area contributed by atoms with Crippen LogP contribution in [-0.4, -0.2) is 47.5 Å². The van der Waals surface area contributed by atoms with E-state index in [9.17, 15) is 22.8 Å². The molecule has 2 rings (SSSR count). The van der Waals surface area contributed by atoms with E-state index >= 15 is 0 Å². The number of hydrogen-bond acceptors (Lipinski definition) is 2. The zero-order valence-electron chi connectivity index (χ0n) is 20.6. The lowest BCUT2D eigenvalue weighted by Crippen LogP contribution is -2.49. The van der Waals surface area contributed by atoms with Gasteiger partial charge in [-0.1, -0.05) is 48.7 Å². The molecule has 1 fully saturated rings. The van der Waals surface area contributed by atoms with E-state index in [0.717, 1.165) is 17.7 Å². The summed E-state index contributed by atoms with van der Waals surface area (Å²) in [5, 5.41) is 3.31. The van der Waals surface area contributed by atoms with Gasteiger partial charge in [-0.25, -0.2) is 4.79 Å². The average Bonchev–Trinajstić information content (AvgIpc) is 3.28. The highest BCUT2D eigenvalue weighted by Gasteiger charge is 2.36. The summed E-state index contributed by atoms with van der Waals surface area (Å²) in [5.74, 6) is -0.191. The number of allylic oxidation sites excluding steroid dienone is 5. The van der Waals surface area contributed by atoms with Crippen molar-refractivity contribution in [1.82, 2.24) is 15.1 Å². The van der Waals surface area contributed by atoms with E-state index in [2.05, 4.69) is 5.32 Å². The monoisotopic (exact) mass is 511 g/mol. The fraction of sp³-hybridized carbons (Fsp3) is 0.462. The minimum absolute atomic E-state index is 0.191. The topological polar surface area (TPSA) is 52.7 Å². The molecule has 0 spiro atoms. The quantitative estimate of drug-likeness (QED) is 0.399. The van der Waals surface area contributed by atoms with Crippen molar-refractivity contribution < 1.29 is 22.8 Å². The number of carbonyl (C=O) groups is 2. The largest absolute Gasteiger partial charge is 0.416 e. The first-order valence-corrected chi connectivity index (χ1v) is 12.0. The van der Waals surface area contributed by atoms with Crippen LogP contribution in [-0.2, 0) is 11.3 Å². The van der Waals surface area contributed by atoms with Crippen molar-refractivity contribution in [3.05, 3.63) is 69.9 Å². The number of hydrogen-bond donors (Lipinski definition) is 1. The van der Waals surface area contributed by atoms with Crippen LogP contribution < -0.4 is 5.32 Å². The molecule has 1 atom stereocenters. The van der Waals surface area contributed by atoms with Crippen LogP contribution in [0.1, 0.15) is 52.0 Å². The minimum atomic E-state index is -4.48. The van der Waals surface area contributed by atoms with Gasteiger partial charge in [-0.15, -0.1) is 0 Å². The average molecular weight is 512 g/mol. The highest BCUT2D eigenvalue weighted by Crippen LogP contribution is 2.28. The first kappa shape index (κ1) is 28.5. The molecule has 9 heteroatoms. The third-order valence-electron chi connectivity index (χ3n) is 5.70. The predicted octanol–water partition coefficient (Wildman–Crippen LogP) is 6.61. The maximum atomic E-state index is 13.3. The van der Waals surface area contributed by atoms with Crippen LogP contribution in [0.3, 0.4) is 0 Å². The minimum Gasteiger partial charge on any atom is -0.340 e. The summed E-state index contributed by atoms with van der Waals surface area (Å²) < 4.78 is 39.9. The van der Waals surface area contributed by atoms with Crippen molar-refractivity contribution in [3.8, 4) is 0 Å². The maximum absolute atomic E-state index is 13.3. The van der Waals surface area contributed by atoms with E-state index in [0.29, 0.717) is 49.4 Å². The van der Waals surface area contributed by atoms with E-state index in [-0.39, 0.29) is 11.6 Å². The SMILES string of the molecule is CCC/C=C(/C=C\C(NC(=O)N1CCCC1C(=O)N(C)Cc1ccc(Cl)cc1)=C(C)C)C(F)(F)F. The van der Waals surface area contributed by atoms with Gasteiger partial charge in [0.1, 0.15) is 6.04 Å². The molecule has 1 aliphatic rings. The highest BCUT2D eigenvalue weighted by atomic mass is 35.5. The summed E-state index contributed by atoms with van der Waals surface area (Å²) in [6.07, 6.45) is 0.988. The number of nitrogens with one attached hydrogen (secondary N) is 1. The Bertz CT molecular complexity index is 981. The van der Waals surface area contributed by atoms with Crippen LogP contribution in [0.25, 0.3) is 0 Å². The molecular weight excluding hydrogens is 479 g/mol. The van der Waals surface area contributed by atoms with Crippen molar-refractivity contribution in [2.45, 2.75) is 65.2 Å². The molecular formula is C26H33ClF3N3O2. The van der Waals surface area contributed by atoms with Crippen LogP contribution in [0.15, 0.2) is 59.3 Å². The molecule has 0 bridgehead atoms. The number of nitrogens with zero attached hydrogens (tertiary/aromatic N) is 2. The van der Waals surface area contributed by atoms with E-state index in [1.54, 1.807) is 44.9 Å². The summed E-state index contributed by atoms with van der Waals surface area (Å²) in [6, 6.07) is 6.03. The predicted molar refractivity (Wildman–Crippen MR) is 133 cm³/mol. The van der Waals surface area contributed by atoms with Gasteiger partial charge >= 0.3 is 12.2 Å². The smallest absolute Gasteiger partial charge is 0.340 e. The Morgan fingerprint density at radius 3 is 2.43 bits per heavy atom. The Balaban J connectivity index is 2.11. The van der Waals surface area contributed by atoms with Gasteiger partial charge in [-0.3, -0.25) is 4.79 Å². The first-order chi connectivity index (χ1) is 16.4. The zero-order chi connectivity index (χ0) is 26.2. The number of carbonyl (C=O) groups excluding carboxylic acids is 2. The fourth-order valence-corrected chi connectivity index (χ4v) is 3.86. The number of halogens is 4. The molecule has 3 amide bonds. The van der Waals surface area contributed by atoms with Crippen molar-refractivity contribution >= 4 is 23.5 Å². The molecule has 1 aliphatic heterocycles. The van der Waals surface area contributed by atoms with Gasteiger partial charge in [0, 0.05) is 30.9 Å². The van der Waals surface area contributed by atoms with Gasteiger partial charge < -0.3 is 15.1 Å². The van der Waals surface area contributed by atoms with E-state index < -0.39 is 23.8 Å². The van der Waals surface area contributed by atoms with Crippen LogP contribution in [0, 0.1) is 0 Å². The van der Waals surface area contributed by atoms with Crippen molar-refractivity contribution in [2.24, 2.45) is 0 Å². The Labute approximate surface area is 210 Å². The van der Waals surface area contributed by atoms with Crippen LogP contribution in [0.5, 0.6) is 0 Å². The maximum Gasteiger partial charge on any atom is 0.416 e. The Hall–Kier alpha value is -2.74. The molecule has 35 heavy (non-hydrogen) atoms. The van der Waals surface area contributed by atoms with Gasteiger partial charge in [0.15, 0.2) is 0 Å². The molecule has 0 aliphatic carbocycles. The van der Waals surface area contributed by atoms with E-state index in [1.165, 1.54) is 11.0 Å². The van der Waals surface area contributed by atoms with Gasteiger partial charge in [0.2, 0.25) is 5.91 Å². The molecule has 1 N–H and O–H groups in total. The van der Waals surface area contributed by atoms with Crippen LogP contribution in [0.2, 0.25) is 5.02 Å². The highest BCUT2D eigenvalue weighted by molar-refractivity contribution is 6.30. The normalized spacial score (nSPS) is 16.5. The second-order valence-electron chi connectivity index (χ2n) is 8.80. The molecule has 1 aromatic rings. The number of alkyl halides is 3. The summed E-state index contributed by atoms with van der Waals surface area (Å²) in [4.78, 5) is 29.1. The number of likely N-dealkylation sites (N-methyl/N-ethyl adjacent to an activating group) is 1. The number of likely N-dealkylation sites (tertiary alicyclic amines) is 1. The van der Waals surface area contributed by atoms with E-state index in [1.807, 2.05) is 12.1 Å². The Morgan fingerprint density at radius 2 is 1.86 bits per heavy atom. The number of unbranched alkanes of at least 4 members (excludes halogenated alkanes) is 1. The second kappa shape index (κ2) is 12.8. The lowest BCUT2D eigenvalue weighted by atomic mass is 10.1. The van der Waals surface area contributed by atoms with Gasteiger partial charge in [0.05, 0.1) is 5.57 Å². The zero-order valence-corrected chi connectivity index (χ0v) is 21.3. The van der Waals surface area contributed by atoms with Crippen LogP contribution in [0.4, 0.5) is 18.0 Å². The second-order valence-corrected chi connectivity index (χ2v) is 9.23. The van der Waals surface area contributed by atoms with Gasteiger partial charge in [0.25, 0.3) is 0 Å². The number of benzene rings is 1. The molecule has 0 radical (unpaired) electrons. The standard InChI is InChI=1S/C26H33ClF3N3O2/c1-5-6-8-20(26(28,29)30)12-15-22(18(2)3)31-25(35)33-16-7-9-23(33)24(34)32(4)17-19-10-13-21(27)14-11-19/h8,10-15,23H,5-7,9,16-17H2,1-4H3,(H,31,35)/b15-12-,20-8-. The molecule has 0 aromatic heterocycles. The van der Waals surface area contributed by atoms with Crippen molar-refractivity contribution in [1.29, 1.82) is 0 Å². The van der Waals surface area contributed by atoms with Crippen molar-refractivity contribution in [2.75, 3.05) is 13.6 Å². The van der Waals surface area contributed by atoms with Crippen LogP contribution >= 0.6 is 11.6 Å². The molecule has 1 heterocycles. The molecule has 1 saturated heterocycles. The molecule has 192 valence electrons. The fourth-order valence-electron chi connectivity index (χ4n) is 3.73. The molecule has 1 unspecified atom stereocenters. The molecule has 0 saturated carbocycles. The van der Waals surface area contributed by atoms with Gasteiger partial charge in [-0.2, -0.15) is 13.2 Å². The summed E-state index contributed by atoms with van der Waals surface area (Å²) in [5.41, 5.74) is 1.07. The summed E-state index contributed by atoms with van der Waals surface area (Å²) in [7, 11) is 1.68. The molecule has 1 aromatic carbocycles. The lowest BCUT2D eigenvalue weighted by Gasteiger charge is -2.28. The number of urea groups is 1. The summed E-state index contributed by atoms with van der Waals surface area (Å²) >= 11 is 5.92. The van der Waals surface area contributed by atoms with E-state index in [4.69, 9.17) is 11.6 Å². The number of amides is 3. The molecule has 5 nitrogen and oxygen atoms in total. The third kappa shape index (κ3) is 8.46. The Morgan fingerprint density at radius 1 is 1.20 bits per heavy atom. The number of rotatable bonds is 8. The van der Waals surface area contributed by atoms with Gasteiger partial charge in [-0.05, 0) is 63.0 Å². The summed E-state index contributed by atoms with van der Waals surface area (Å²) in [6.45, 7) is 5.97.